The summed E-state index contributed by atoms with van der Waals surface area (Å²) in [5, 5.41) is 2.61. The predicted octanol–water partition coefficient (Wildman–Crippen LogP) is 6.38. The first-order chi connectivity index (χ1) is 12.4. The summed E-state index contributed by atoms with van der Waals surface area (Å²) in [4.78, 5) is 0. The van der Waals surface area contributed by atoms with Crippen LogP contribution in [0.4, 0.5) is 0 Å². The molecule has 0 fully saturated rings. The van der Waals surface area contributed by atoms with Crippen molar-refractivity contribution < 1.29 is 0 Å². The molecular weight excluding hydrogens is 302 g/mol. The van der Waals surface area contributed by atoms with Crippen molar-refractivity contribution in [2.75, 3.05) is 0 Å². The smallest absolute Gasteiger partial charge is 0.0541 e. The number of nitrogens with zero attached hydrogens (tertiary/aromatic N) is 1. The lowest BCUT2D eigenvalue weighted by atomic mass is 9.94. The molecule has 120 valence electrons. The van der Waals surface area contributed by atoms with Gasteiger partial charge in [-0.15, -0.1) is 0 Å². The van der Waals surface area contributed by atoms with Crippen LogP contribution < -0.4 is 0 Å². The summed E-state index contributed by atoms with van der Waals surface area (Å²) in [5.41, 5.74) is 5.08. The lowest BCUT2D eigenvalue weighted by Crippen LogP contribution is -1.98. The van der Waals surface area contributed by atoms with Gasteiger partial charge in [-0.2, -0.15) is 0 Å². The van der Waals surface area contributed by atoms with E-state index < -0.39 is 0 Å². The highest BCUT2D eigenvalue weighted by Gasteiger charge is 2.13. The van der Waals surface area contributed by atoms with Crippen LogP contribution in [0.2, 0.25) is 0 Å². The van der Waals surface area contributed by atoms with E-state index in [9.17, 15) is 0 Å². The Bertz CT molecular complexity index is 1060. The van der Waals surface area contributed by atoms with Gasteiger partial charge in [-0.05, 0) is 36.2 Å². The zero-order valence-corrected chi connectivity index (χ0v) is 14.0. The van der Waals surface area contributed by atoms with E-state index in [-0.39, 0.29) is 0 Å². The average Bonchev–Trinajstić information content (AvgIpc) is 3.03. The molecule has 0 N–H and O–H groups in total. The Morgan fingerprint density at radius 1 is 0.680 bits per heavy atom. The maximum atomic E-state index is 2.38. The first-order valence-corrected chi connectivity index (χ1v) is 8.84. The molecule has 1 aliphatic rings. The molecule has 0 aliphatic heterocycles. The topological polar surface area (TPSA) is 4.93 Å². The van der Waals surface area contributed by atoms with Crippen molar-refractivity contribution in [3.8, 4) is 5.69 Å². The molecule has 1 heterocycles. The minimum Gasteiger partial charge on any atom is -0.309 e. The van der Waals surface area contributed by atoms with E-state index in [2.05, 4.69) is 102 Å². The number of aromatic nitrogens is 1. The third kappa shape index (κ3) is 2.32. The molecule has 0 spiro atoms. The van der Waals surface area contributed by atoms with Gasteiger partial charge in [-0.25, -0.2) is 0 Å². The number of rotatable bonds is 2. The minimum absolute atomic E-state index is 0.377. The molecule has 0 saturated heterocycles. The Balaban J connectivity index is 1.77. The largest absolute Gasteiger partial charge is 0.309 e. The van der Waals surface area contributed by atoms with Crippen LogP contribution >= 0.6 is 0 Å². The molecule has 3 aromatic carbocycles. The molecule has 1 heteroatoms. The molecule has 1 aliphatic carbocycles. The van der Waals surface area contributed by atoms with E-state index in [1.54, 1.807) is 0 Å². The molecule has 0 bridgehead atoms. The van der Waals surface area contributed by atoms with Crippen molar-refractivity contribution in [1.82, 2.24) is 4.57 Å². The zero-order valence-electron chi connectivity index (χ0n) is 14.0. The van der Waals surface area contributed by atoms with E-state index >= 15 is 0 Å². The van der Waals surface area contributed by atoms with Crippen LogP contribution in [0.1, 0.15) is 17.9 Å². The van der Waals surface area contributed by atoms with E-state index in [4.69, 9.17) is 0 Å². The van der Waals surface area contributed by atoms with Crippen LogP contribution in [0.25, 0.3) is 27.5 Å². The van der Waals surface area contributed by atoms with Gasteiger partial charge in [-0.3, -0.25) is 0 Å². The molecule has 4 aromatic rings. The highest BCUT2D eigenvalue weighted by atomic mass is 15.0. The van der Waals surface area contributed by atoms with Gasteiger partial charge < -0.3 is 4.57 Å². The third-order valence-corrected chi connectivity index (χ3v) is 5.05. The number of benzene rings is 3. The zero-order chi connectivity index (χ0) is 16.6. The van der Waals surface area contributed by atoms with Crippen molar-refractivity contribution >= 4 is 21.8 Å². The summed E-state index contributed by atoms with van der Waals surface area (Å²) < 4.78 is 2.38. The minimum atomic E-state index is 0.377. The van der Waals surface area contributed by atoms with Crippen LogP contribution in [0.3, 0.4) is 0 Å². The predicted molar refractivity (Wildman–Crippen MR) is 106 cm³/mol. The fourth-order valence-electron chi connectivity index (χ4n) is 3.89. The van der Waals surface area contributed by atoms with Gasteiger partial charge in [0.05, 0.1) is 11.0 Å². The molecule has 5 rings (SSSR count). The number of allylic oxidation sites excluding steroid dienone is 4. The molecule has 1 aromatic heterocycles. The lowest BCUT2D eigenvalue weighted by Gasteiger charge is -2.14. The Morgan fingerprint density at radius 2 is 1.32 bits per heavy atom. The second-order valence-corrected chi connectivity index (χ2v) is 6.58. The SMILES string of the molecule is C1=CC(c2cccc(-n3c4ccccc4c4ccccc43)c2)C=CC1. The Morgan fingerprint density at radius 3 is 2.00 bits per heavy atom. The van der Waals surface area contributed by atoms with Crippen LogP contribution in [-0.2, 0) is 0 Å². The van der Waals surface area contributed by atoms with Crippen molar-refractivity contribution in [2.45, 2.75) is 12.3 Å². The summed E-state index contributed by atoms with van der Waals surface area (Å²) in [6.07, 6.45) is 10.1. The van der Waals surface area contributed by atoms with Gasteiger partial charge in [0.15, 0.2) is 0 Å². The average molecular weight is 321 g/mol. The third-order valence-electron chi connectivity index (χ3n) is 5.05. The van der Waals surface area contributed by atoms with Crippen LogP contribution in [0.5, 0.6) is 0 Å². The van der Waals surface area contributed by atoms with E-state index in [0.717, 1.165) is 6.42 Å². The number of fused-ring (bicyclic) bond motifs is 3. The number of hydrogen-bond donors (Lipinski definition) is 0. The maximum Gasteiger partial charge on any atom is 0.0541 e. The highest BCUT2D eigenvalue weighted by molar-refractivity contribution is 6.09. The highest BCUT2D eigenvalue weighted by Crippen LogP contribution is 2.33. The van der Waals surface area contributed by atoms with Crippen molar-refractivity contribution in [2.24, 2.45) is 0 Å². The standard InChI is InChI=1S/C24H19N/c1-2-9-18(10-3-1)19-11-8-12-20(17-19)25-23-15-6-4-13-21(23)22-14-5-7-16-24(22)25/h2-18H,1H2. The van der Waals surface area contributed by atoms with Gasteiger partial charge >= 0.3 is 0 Å². The fraction of sp³-hybridized carbons (Fsp3) is 0.0833. The summed E-state index contributed by atoms with van der Waals surface area (Å²) >= 11 is 0. The number of hydrogen-bond acceptors (Lipinski definition) is 0. The molecule has 0 amide bonds. The second-order valence-electron chi connectivity index (χ2n) is 6.58. The van der Waals surface area contributed by atoms with Gasteiger partial charge in [0.2, 0.25) is 0 Å². The van der Waals surface area contributed by atoms with Crippen LogP contribution in [0, 0.1) is 0 Å². The van der Waals surface area contributed by atoms with Crippen molar-refractivity contribution in [3.63, 3.8) is 0 Å². The Kier molecular flexibility index (Phi) is 3.31. The summed E-state index contributed by atoms with van der Waals surface area (Å²) in [7, 11) is 0. The molecule has 0 radical (unpaired) electrons. The summed E-state index contributed by atoms with van der Waals surface area (Å²) in [5.74, 6) is 0.377. The van der Waals surface area contributed by atoms with Gasteiger partial charge in [-0.1, -0.05) is 72.8 Å². The molecule has 0 atom stereocenters. The van der Waals surface area contributed by atoms with Gasteiger partial charge in [0.1, 0.15) is 0 Å². The molecular formula is C24H19N. The summed E-state index contributed by atoms with van der Waals surface area (Å²) in [6, 6.07) is 26.2. The Hall–Kier alpha value is -3.06. The normalized spacial score (nSPS) is 14.6. The quantitative estimate of drug-likeness (QED) is 0.377. The summed E-state index contributed by atoms with van der Waals surface area (Å²) in [6.45, 7) is 0. The first kappa shape index (κ1) is 14.3. The van der Waals surface area contributed by atoms with Crippen molar-refractivity contribution in [1.29, 1.82) is 0 Å². The molecule has 25 heavy (non-hydrogen) atoms. The molecule has 1 nitrogen and oxygen atoms in total. The fourth-order valence-corrected chi connectivity index (χ4v) is 3.89. The Labute approximate surface area is 147 Å². The number of para-hydroxylation sites is 2. The van der Waals surface area contributed by atoms with Crippen LogP contribution in [-0.4, -0.2) is 4.57 Å². The van der Waals surface area contributed by atoms with Crippen molar-refractivity contribution in [3.05, 3.63) is 103 Å². The van der Waals surface area contributed by atoms with E-state index in [0.29, 0.717) is 5.92 Å². The van der Waals surface area contributed by atoms with Gasteiger partial charge in [0, 0.05) is 22.4 Å². The second kappa shape index (κ2) is 5.78. The molecule has 0 saturated carbocycles. The maximum absolute atomic E-state index is 2.38. The molecule has 0 unspecified atom stereocenters. The van der Waals surface area contributed by atoms with Gasteiger partial charge in [0.25, 0.3) is 0 Å². The van der Waals surface area contributed by atoms with Crippen LogP contribution in [0.15, 0.2) is 97.1 Å². The van der Waals surface area contributed by atoms with E-state index in [1.165, 1.54) is 33.1 Å². The van der Waals surface area contributed by atoms with E-state index in [1.807, 2.05) is 0 Å². The lowest BCUT2D eigenvalue weighted by molar-refractivity contribution is 1.03. The monoisotopic (exact) mass is 321 g/mol. The first-order valence-electron chi connectivity index (χ1n) is 8.84.